The van der Waals surface area contributed by atoms with Gasteiger partial charge in [0.1, 0.15) is 16.9 Å². The van der Waals surface area contributed by atoms with E-state index in [0.717, 1.165) is 19.3 Å². The first-order valence-electron chi connectivity index (χ1n) is 6.87. The van der Waals surface area contributed by atoms with Crippen molar-refractivity contribution in [2.24, 2.45) is 0 Å². The van der Waals surface area contributed by atoms with E-state index < -0.39 is 5.60 Å². The quantitative estimate of drug-likeness (QED) is 0.837. The van der Waals surface area contributed by atoms with E-state index in [1.54, 1.807) is 11.6 Å². The molecule has 2 N–H and O–H groups in total. The van der Waals surface area contributed by atoms with Crippen LogP contribution in [-0.4, -0.2) is 31.7 Å². The van der Waals surface area contributed by atoms with Gasteiger partial charge in [-0.05, 0) is 37.8 Å². The van der Waals surface area contributed by atoms with E-state index in [2.05, 4.69) is 20.3 Å². The Labute approximate surface area is 136 Å². The van der Waals surface area contributed by atoms with Crippen LogP contribution in [0, 0.1) is 11.3 Å². The fourth-order valence-electron chi connectivity index (χ4n) is 2.62. The second-order valence-corrected chi connectivity index (χ2v) is 6.69. The second kappa shape index (κ2) is 5.80. The van der Waals surface area contributed by atoms with Gasteiger partial charge >= 0.3 is 0 Å². The van der Waals surface area contributed by atoms with E-state index in [1.165, 1.54) is 11.3 Å². The smallest absolute Gasteiger partial charge is 0.224 e. The molecule has 0 spiro atoms. The molecule has 2 aromatic heterocycles. The molecule has 8 heteroatoms. The average molecular weight is 336 g/mol. The van der Waals surface area contributed by atoms with Crippen LogP contribution in [0.15, 0.2) is 11.6 Å². The second-order valence-electron chi connectivity index (χ2n) is 5.50. The Morgan fingerprint density at radius 2 is 2.36 bits per heavy atom. The van der Waals surface area contributed by atoms with Crippen molar-refractivity contribution in [2.45, 2.75) is 37.8 Å². The number of nitriles is 1. The van der Waals surface area contributed by atoms with Crippen LogP contribution >= 0.6 is 22.9 Å². The molecule has 0 bridgehead atoms. The number of hydrogen-bond acceptors (Lipinski definition) is 7. The summed E-state index contributed by atoms with van der Waals surface area (Å²) in [5.41, 5.74) is 0.252. The fourth-order valence-corrected chi connectivity index (χ4v) is 3.51. The van der Waals surface area contributed by atoms with Crippen LogP contribution < -0.4 is 5.32 Å². The Hall–Kier alpha value is -1.75. The predicted molar refractivity (Wildman–Crippen MR) is 84.8 cm³/mol. The minimum atomic E-state index is -0.782. The molecular formula is C14H14ClN5OS. The van der Waals surface area contributed by atoms with Crippen molar-refractivity contribution < 1.29 is 5.11 Å². The van der Waals surface area contributed by atoms with Crippen LogP contribution in [0.25, 0.3) is 10.6 Å². The Bertz CT molecular complexity index is 739. The summed E-state index contributed by atoms with van der Waals surface area (Å²) in [4.78, 5) is 12.5. The van der Waals surface area contributed by atoms with Gasteiger partial charge in [0.15, 0.2) is 5.69 Å². The first-order valence-corrected chi connectivity index (χ1v) is 8.13. The number of hydrogen-bond donors (Lipinski definition) is 2. The summed E-state index contributed by atoms with van der Waals surface area (Å²) in [5.74, 6) is 0.533. The van der Waals surface area contributed by atoms with Gasteiger partial charge in [0.2, 0.25) is 5.28 Å². The summed E-state index contributed by atoms with van der Waals surface area (Å²) in [6.45, 7) is 1.82. The number of rotatable bonds is 3. The molecule has 114 valence electrons. The number of nitrogens with one attached hydrogen (secondary N) is 1. The lowest BCUT2D eigenvalue weighted by Gasteiger charge is -2.27. The van der Waals surface area contributed by atoms with Crippen molar-refractivity contribution in [3.8, 4) is 16.6 Å². The Balaban J connectivity index is 1.96. The number of thiazole rings is 1. The number of nitrogens with zero attached hydrogens (tertiary/aromatic N) is 4. The Morgan fingerprint density at radius 1 is 1.55 bits per heavy atom. The molecule has 2 atom stereocenters. The van der Waals surface area contributed by atoms with Gasteiger partial charge in [-0.1, -0.05) is 0 Å². The first kappa shape index (κ1) is 15.2. The molecule has 1 aliphatic carbocycles. The van der Waals surface area contributed by atoms with Gasteiger partial charge in [-0.25, -0.2) is 15.0 Å². The third-order valence-corrected chi connectivity index (χ3v) is 4.90. The van der Waals surface area contributed by atoms with Crippen molar-refractivity contribution in [1.82, 2.24) is 15.0 Å². The summed E-state index contributed by atoms with van der Waals surface area (Å²) in [5, 5.41) is 25.0. The summed E-state index contributed by atoms with van der Waals surface area (Å²) in [7, 11) is 0. The van der Waals surface area contributed by atoms with E-state index in [0.29, 0.717) is 22.1 Å². The molecule has 0 unspecified atom stereocenters. The highest BCUT2D eigenvalue weighted by Gasteiger charge is 2.37. The van der Waals surface area contributed by atoms with Crippen LogP contribution in [0.3, 0.4) is 0 Å². The summed E-state index contributed by atoms with van der Waals surface area (Å²) < 4.78 is 0. The van der Waals surface area contributed by atoms with Crippen LogP contribution in [-0.2, 0) is 0 Å². The van der Waals surface area contributed by atoms with Crippen molar-refractivity contribution in [1.29, 1.82) is 5.26 Å². The molecule has 0 aliphatic heterocycles. The topological polar surface area (TPSA) is 94.7 Å². The molecule has 22 heavy (non-hydrogen) atoms. The minimum Gasteiger partial charge on any atom is -0.388 e. The molecule has 0 radical (unpaired) electrons. The standard InChI is InChI=1S/C14H14ClN5OS/c1-14(21)4-2-3-10(14)19-11-9(6-17-13(15)20-11)12-18-8(5-16)7-22-12/h6-7,10,21H,2-4H2,1H3,(H,17,19,20)/t10-,14-/m1/s1. The van der Waals surface area contributed by atoms with Crippen LogP contribution in [0.1, 0.15) is 31.9 Å². The fraction of sp³-hybridized carbons (Fsp3) is 0.429. The zero-order valence-corrected chi connectivity index (χ0v) is 13.4. The Kier molecular flexibility index (Phi) is 4.00. The normalized spacial score (nSPS) is 24.2. The van der Waals surface area contributed by atoms with Crippen LogP contribution in [0.5, 0.6) is 0 Å². The van der Waals surface area contributed by atoms with Crippen molar-refractivity contribution in [2.75, 3.05) is 5.32 Å². The number of anilines is 1. The maximum atomic E-state index is 10.4. The maximum absolute atomic E-state index is 10.4. The number of halogens is 1. The van der Waals surface area contributed by atoms with Crippen LogP contribution in [0.2, 0.25) is 5.28 Å². The molecule has 1 fully saturated rings. The maximum Gasteiger partial charge on any atom is 0.224 e. The Morgan fingerprint density at radius 3 is 3.00 bits per heavy atom. The van der Waals surface area contributed by atoms with Gasteiger partial charge < -0.3 is 10.4 Å². The van der Waals surface area contributed by atoms with Crippen molar-refractivity contribution >= 4 is 28.8 Å². The van der Waals surface area contributed by atoms with E-state index in [9.17, 15) is 5.11 Å². The average Bonchev–Trinajstić information content (AvgIpc) is 3.06. The highest BCUT2D eigenvalue weighted by molar-refractivity contribution is 7.13. The van der Waals surface area contributed by atoms with E-state index >= 15 is 0 Å². The molecule has 1 aliphatic rings. The summed E-state index contributed by atoms with van der Waals surface area (Å²) >= 11 is 7.25. The lowest BCUT2D eigenvalue weighted by Crippen LogP contribution is -2.39. The first-order chi connectivity index (χ1) is 10.5. The van der Waals surface area contributed by atoms with Gasteiger partial charge in [0.25, 0.3) is 0 Å². The molecule has 0 aromatic carbocycles. The van der Waals surface area contributed by atoms with Gasteiger partial charge in [-0.3, -0.25) is 0 Å². The van der Waals surface area contributed by atoms with E-state index in [4.69, 9.17) is 16.9 Å². The molecule has 0 amide bonds. The zero-order valence-electron chi connectivity index (χ0n) is 11.9. The third kappa shape index (κ3) is 2.90. The molecule has 6 nitrogen and oxygen atoms in total. The highest BCUT2D eigenvalue weighted by atomic mass is 35.5. The SMILES string of the molecule is C[C@@]1(O)CCC[C@H]1Nc1nc(Cl)ncc1-c1nc(C#N)cs1. The largest absolute Gasteiger partial charge is 0.388 e. The molecule has 2 heterocycles. The van der Waals surface area contributed by atoms with Gasteiger partial charge in [-0.15, -0.1) is 11.3 Å². The highest BCUT2D eigenvalue weighted by Crippen LogP contribution is 2.35. The summed E-state index contributed by atoms with van der Waals surface area (Å²) in [6.07, 6.45) is 4.14. The molecule has 2 aromatic rings. The predicted octanol–water partition coefficient (Wildman–Crippen LogP) is 2.84. The van der Waals surface area contributed by atoms with E-state index in [-0.39, 0.29) is 11.3 Å². The molecule has 1 saturated carbocycles. The van der Waals surface area contributed by atoms with Crippen LogP contribution in [0.4, 0.5) is 5.82 Å². The molecular weight excluding hydrogens is 322 g/mol. The molecule has 0 saturated heterocycles. The lowest BCUT2D eigenvalue weighted by molar-refractivity contribution is 0.0577. The number of aliphatic hydroxyl groups is 1. The summed E-state index contributed by atoms with van der Waals surface area (Å²) in [6, 6.07) is 1.90. The third-order valence-electron chi connectivity index (χ3n) is 3.85. The van der Waals surface area contributed by atoms with Crippen molar-refractivity contribution in [3.63, 3.8) is 0 Å². The van der Waals surface area contributed by atoms with Gasteiger partial charge in [-0.2, -0.15) is 5.26 Å². The minimum absolute atomic E-state index is 0.104. The zero-order chi connectivity index (χ0) is 15.7. The van der Waals surface area contributed by atoms with E-state index in [1.807, 2.05) is 13.0 Å². The molecule has 3 rings (SSSR count). The van der Waals surface area contributed by atoms with Gasteiger partial charge in [0, 0.05) is 11.6 Å². The van der Waals surface area contributed by atoms with Gasteiger partial charge in [0.05, 0.1) is 17.2 Å². The number of aromatic nitrogens is 3. The lowest BCUT2D eigenvalue weighted by atomic mass is 10.0. The monoisotopic (exact) mass is 335 g/mol. The van der Waals surface area contributed by atoms with Crippen molar-refractivity contribution in [3.05, 3.63) is 22.6 Å².